The molecule has 1 rings (SSSR count). The summed E-state index contributed by atoms with van der Waals surface area (Å²) in [5.74, 6) is 0. The second-order valence-electron chi connectivity index (χ2n) is 12.1. The van der Waals surface area contributed by atoms with Gasteiger partial charge in [0.15, 0.2) is 0 Å². The molecule has 0 spiro atoms. The quantitative estimate of drug-likeness (QED) is 0.0708. The third kappa shape index (κ3) is 24.0. The minimum absolute atomic E-state index is 1.20. The van der Waals surface area contributed by atoms with Gasteiger partial charge in [0.2, 0.25) is 6.33 Å². The smallest absolute Gasteiger partial charge is 0.237 e. The third-order valence-electron chi connectivity index (χ3n) is 8.29. The molecule has 0 aliphatic carbocycles. The molecule has 0 aromatic carbocycles. The number of hydrogen-bond donors (Lipinski definition) is 0. The molecule has 2 nitrogen and oxygen atoms in total. The van der Waals surface area contributed by atoms with Crippen LogP contribution in [0.2, 0.25) is 0 Å². The standard InChI is InChI=1S/C35H69N2/c1-3-5-7-9-11-13-15-17-18-19-20-22-24-26-28-30-32-37-34-33-36(35-37)31-29-27-25-23-21-16-14-12-10-8-6-4-2/h33-35H,3-32H2,1-2H3/q+1. The summed E-state index contributed by atoms with van der Waals surface area (Å²) in [6.45, 7) is 7.00. The fourth-order valence-electron chi connectivity index (χ4n) is 5.68. The van der Waals surface area contributed by atoms with Crippen molar-refractivity contribution in [1.29, 1.82) is 0 Å². The summed E-state index contributed by atoms with van der Waals surface area (Å²) in [5, 5.41) is 0. The lowest BCUT2D eigenvalue weighted by atomic mass is 10.0. The Hall–Kier alpha value is -0.790. The van der Waals surface area contributed by atoms with Gasteiger partial charge in [-0.2, -0.15) is 0 Å². The molecule has 0 fully saturated rings. The molecule has 2 heteroatoms. The van der Waals surface area contributed by atoms with Crippen LogP contribution in [0.4, 0.5) is 0 Å². The third-order valence-corrected chi connectivity index (χ3v) is 8.29. The first-order chi connectivity index (χ1) is 18.4. The Morgan fingerprint density at radius 1 is 0.405 bits per heavy atom. The van der Waals surface area contributed by atoms with Gasteiger partial charge >= 0.3 is 0 Å². The van der Waals surface area contributed by atoms with Gasteiger partial charge < -0.3 is 0 Å². The van der Waals surface area contributed by atoms with Crippen LogP contribution in [-0.2, 0) is 13.1 Å². The van der Waals surface area contributed by atoms with E-state index in [1.165, 1.54) is 193 Å². The van der Waals surface area contributed by atoms with E-state index < -0.39 is 0 Å². The summed E-state index contributed by atoms with van der Waals surface area (Å²) in [6.07, 6.45) is 47.2. The molecule has 1 aromatic rings. The van der Waals surface area contributed by atoms with E-state index in [1.54, 1.807) is 0 Å². The van der Waals surface area contributed by atoms with E-state index in [1.807, 2.05) is 0 Å². The van der Waals surface area contributed by atoms with Gasteiger partial charge in [-0.3, -0.25) is 0 Å². The van der Waals surface area contributed by atoms with Gasteiger partial charge in [0, 0.05) is 0 Å². The fraction of sp³-hybridized carbons (Fsp3) is 0.914. The second-order valence-corrected chi connectivity index (χ2v) is 12.1. The molecule has 0 N–H and O–H groups in total. The SMILES string of the molecule is CCCCCCCCCCCCCCCCCC[n+]1ccn(CCCCCCCCCCCCCC)c1. The maximum absolute atomic E-state index is 2.41. The predicted molar refractivity (Wildman–Crippen MR) is 165 cm³/mol. The Morgan fingerprint density at radius 2 is 0.730 bits per heavy atom. The Balaban J connectivity index is 1.80. The molecule has 0 aliphatic heterocycles. The molecule has 0 saturated carbocycles. The maximum atomic E-state index is 2.41. The minimum atomic E-state index is 1.20. The van der Waals surface area contributed by atoms with E-state index in [-0.39, 0.29) is 0 Å². The highest BCUT2D eigenvalue weighted by molar-refractivity contribution is 4.66. The summed E-state index contributed by atoms with van der Waals surface area (Å²) in [5.41, 5.74) is 0. The number of imidazole rings is 1. The van der Waals surface area contributed by atoms with Crippen molar-refractivity contribution in [3.05, 3.63) is 18.7 Å². The van der Waals surface area contributed by atoms with Gasteiger partial charge in [-0.15, -0.1) is 0 Å². The van der Waals surface area contributed by atoms with Crippen molar-refractivity contribution in [2.75, 3.05) is 0 Å². The summed E-state index contributed by atoms with van der Waals surface area (Å²) < 4.78 is 4.81. The molecule has 0 bridgehead atoms. The molecule has 0 radical (unpaired) electrons. The number of rotatable bonds is 30. The van der Waals surface area contributed by atoms with Crippen molar-refractivity contribution >= 4 is 0 Å². The van der Waals surface area contributed by atoms with Crippen molar-refractivity contribution in [1.82, 2.24) is 4.57 Å². The topological polar surface area (TPSA) is 8.81 Å². The molecule has 218 valence electrons. The Kier molecular flexibility index (Phi) is 26.1. The van der Waals surface area contributed by atoms with Crippen molar-refractivity contribution in [2.24, 2.45) is 0 Å². The van der Waals surface area contributed by atoms with Crippen LogP contribution < -0.4 is 4.57 Å². The van der Waals surface area contributed by atoms with Crippen LogP contribution in [-0.4, -0.2) is 4.57 Å². The highest BCUT2D eigenvalue weighted by atomic mass is 15.1. The Bertz CT molecular complexity index is 549. The highest BCUT2D eigenvalue weighted by Crippen LogP contribution is 2.14. The fourth-order valence-corrected chi connectivity index (χ4v) is 5.68. The lowest BCUT2D eigenvalue weighted by molar-refractivity contribution is -0.696. The normalized spacial score (nSPS) is 11.5. The summed E-state index contributed by atoms with van der Waals surface area (Å²) in [7, 11) is 0. The molecule has 0 saturated heterocycles. The average Bonchev–Trinajstić information content (AvgIpc) is 3.36. The van der Waals surface area contributed by atoms with Crippen LogP contribution in [0.3, 0.4) is 0 Å². The lowest BCUT2D eigenvalue weighted by Crippen LogP contribution is -2.30. The molecular weight excluding hydrogens is 448 g/mol. The monoisotopic (exact) mass is 518 g/mol. The number of hydrogen-bond acceptors (Lipinski definition) is 0. The molecule has 0 unspecified atom stereocenters. The first-order valence-corrected chi connectivity index (χ1v) is 17.4. The first kappa shape index (κ1) is 34.2. The minimum Gasteiger partial charge on any atom is -0.237 e. The zero-order valence-electron chi connectivity index (χ0n) is 25.8. The average molecular weight is 518 g/mol. The predicted octanol–water partition coefficient (Wildman–Crippen LogP) is 11.7. The number of nitrogens with zero attached hydrogens (tertiary/aromatic N) is 2. The molecule has 1 aromatic heterocycles. The van der Waals surface area contributed by atoms with Crippen LogP contribution in [0, 0.1) is 0 Å². The van der Waals surface area contributed by atoms with E-state index in [4.69, 9.17) is 0 Å². The van der Waals surface area contributed by atoms with Crippen LogP contribution >= 0.6 is 0 Å². The maximum Gasteiger partial charge on any atom is 0.243 e. The number of aryl methyl sites for hydroxylation is 2. The summed E-state index contributed by atoms with van der Waals surface area (Å²) in [6, 6.07) is 0. The van der Waals surface area contributed by atoms with Gasteiger partial charge in [-0.1, -0.05) is 168 Å². The van der Waals surface area contributed by atoms with E-state index in [0.29, 0.717) is 0 Å². The van der Waals surface area contributed by atoms with Crippen molar-refractivity contribution in [3.63, 3.8) is 0 Å². The number of unbranched alkanes of at least 4 members (excludes halogenated alkanes) is 26. The molecule has 0 aliphatic rings. The largest absolute Gasteiger partial charge is 0.243 e. The Labute approximate surface area is 234 Å². The first-order valence-electron chi connectivity index (χ1n) is 17.4. The number of aromatic nitrogens is 2. The van der Waals surface area contributed by atoms with Gasteiger partial charge in [0.1, 0.15) is 12.4 Å². The van der Waals surface area contributed by atoms with E-state index in [0.717, 1.165) is 0 Å². The highest BCUT2D eigenvalue weighted by Gasteiger charge is 2.03. The zero-order valence-corrected chi connectivity index (χ0v) is 25.8. The van der Waals surface area contributed by atoms with Crippen LogP contribution in [0.25, 0.3) is 0 Å². The van der Waals surface area contributed by atoms with Crippen molar-refractivity contribution in [2.45, 2.75) is 207 Å². The van der Waals surface area contributed by atoms with Gasteiger partial charge in [0.05, 0.1) is 13.1 Å². The summed E-state index contributed by atoms with van der Waals surface area (Å²) in [4.78, 5) is 0. The van der Waals surface area contributed by atoms with E-state index >= 15 is 0 Å². The van der Waals surface area contributed by atoms with Crippen LogP contribution in [0.5, 0.6) is 0 Å². The van der Waals surface area contributed by atoms with Crippen molar-refractivity contribution in [3.8, 4) is 0 Å². The van der Waals surface area contributed by atoms with Crippen LogP contribution in [0.1, 0.15) is 194 Å². The summed E-state index contributed by atoms with van der Waals surface area (Å²) >= 11 is 0. The zero-order chi connectivity index (χ0) is 26.5. The molecule has 37 heavy (non-hydrogen) atoms. The van der Waals surface area contributed by atoms with Gasteiger partial charge in [-0.05, 0) is 25.7 Å². The molecule has 0 amide bonds. The van der Waals surface area contributed by atoms with Crippen LogP contribution in [0.15, 0.2) is 18.7 Å². The van der Waals surface area contributed by atoms with Crippen molar-refractivity contribution < 1.29 is 4.57 Å². The molecular formula is C35H69N2+. The molecule has 1 heterocycles. The van der Waals surface area contributed by atoms with Gasteiger partial charge in [0.25, 0.3) is 0 Å². The van der Waals surface area contributed by atoms with E-state index in [9.17, 15) is 0 Å². The second kappa shape index (κ2) is 28.2. The molecule has 0 atom stereocenters. The Morgan fingerprint density at radius 3 is 1.11 bits per heavy atom. The van der Waals surface area contributed by atoms with E-state index in [2.05, 4.69) is 41.7 Å². The lowest BCUT2D eigenvalue weighted by Gasteiger charge is -2.03. The van der Waals surface area contributed by atoms with Gasteiger partial charge in [-0.25, -0.2) is 9.13 Å².